The van der Waals surface area contributed by atoms with Gasteiger partial charge in [0.2, 0.25) is 0 Å². The van der Waals surface area contributed by atoms with E-state index < -0.39 is 16.3 Å². The van der Waals surface area contributed by atoms with E-state index in [1.165, 1.54) is 0 Å². The van der Waals surface area contributed by atoms with Crippen LogP contribution >= 0.6 is 10.0 Å². The number of aliphatic hydroxyl groups is 1. The third-order valence-corrected chi connectivity index (χ3v) is 4.70. The van der Waals surface area contributed by atoms with Crippen molar-refractivity contribution in [2.24, 2.45) is 10.8 Å². The second-order valence-corrected chi connectivity index (χ2v) is 12.4. The van der Waals surface area contributed by atoms with Gasteiger partial charge >= 0.3 is 0 Å². The van der Waals surface area contributed by atoms with Crippen molar-refractivity contribution in [3.05, 3.63) is 0 Å². The highest BCUT2D eigenvalue weighted by Crippen LogP contribution is 2.40. The molecule has 0 aromatic rings. The van der Waals surface area contributed by atoms with Crippen molar-refractivity contribution in [3.8, 4) is 0 Å². The molecule has 0 aromatic heterocycles. The molecule has 0 aromatic carbocycles. The summed E-state index contributed by atoms with van der Waals surface area (Å²) < 4.78 is 5.70. The maximum atomic E-state index is 10.3. The van der Waals surface area contributed by atoms with Gasteiger partial charge in [-0.2, -0.15) is 0 Å². The molecule has 2 nitrogen and oxygen atoms in total. The molecule has 0 spiro atoms. The third-order valence-electron chi connectivity index (χ3n) is 3.31. The van der Waals surface area contributed by atoms with Crippen molar-refractivity contribution in [1.29, 1.82) is 0 Å². The van der Waals surface area contributed by atoms with E-state index in [1.54, 1.807) is 0 Å². The van der Waals surface area contributed by atoms with Gasteiger partial charge in [0.1, 0.15) is 0 Å². The van der Waals surface area contributed by atoms with E-state index in [9.17, 15) is 5.11 Å². The summed E-state index contributed by atoms with van der Waals surface area (Å²) in [5, 5.41) is 10.3. The topological polar surface area (TPSA) is 29.5 Å². The van der Waals surface area contributed by atoms with E-state index in [1.807, 2.05) is 0 Å². The molecule has 0 amide bonds. The van der Waals surface area contributed by atoms with Crippen LogP contribution in [0, 0.1) is 10.8 Å². The molecule has 18 heavy (non-hydrogen) atoms. The zero-order valence-corrected chi connectivity index (χ0v) is 14.5. The molecule has 0 radical (unpaired) electrons. The lowest BCUT2D eigenvalue weighted by molar-refractivity contribution is -0.177. The first-order valence-corrected chi connectivity index (χ1v) is 9.88. The van der Waals surface area contributed by atoms with Crippen LogP contribution in [0.3, 0.4) is 0 Å². The Morgan fingerprint density at radius 2 is 1.61 bits per heavy atom. The van der Waals surface area contributed by atoms with Gasteiger partial charge in [0.25, 0.3) is 0 Å². The molecule has 3 heteroatoms. The Morgan fingerprint density at radius 3 is 1.94 bits per heavy atom. The van der Waals surface area contributed by atoms with Crippen LogP contribution < -0.4 is 0 Å². The van der Waals surface area contributed by atoms with Gasteiger partial charge in [-0.15, -0.1) is 0 Å². The van der Waals surface area contributed by atoms with E-state index in [0.717, 1.165) is 18.6 Å². The fourth-order valence-electron chi connectivity index (χ4n) is 2.21. The predicted octanol–water partition coefficient (Wildman–Crippen LogP) is 3.87. The molecule has 0 bridgehead atoms. The van der Waals surface area contributed by atoms with Gasteiger partial charge < -0.3 is 9.84 Å². The Kier molecular flexibility index (Phi) is 6.72. The smallest absolute Gasteiger partial charge is 0.159 e. The molecule has 0 fully saturated rings. The van der Waals surface area contributed by atoms with Gasteiger partial charge in [-0.05, 0) is 37.0 Å². The van der Waals surface area contributed by atoms with E-state index in [0.29, 0.717) is 6.61 Å². The zero-order valence-electron chi connectivity index (χ0n) is 13.7. The number of ether oxygens (including phenoxy) is 1. The van der Waals surface area contributed by atoms with Crippen molar-refractivity contribution in [1.82, 2.24) is 0 Å². The van der Waals surface area contributed by atoms with Gasteiger partial charge in [0.15, 0.2) is 6.29 Å². The maximum Gasteiger partial charge on any atom is 0.159 e. The fourth-order valence-corrected chi connectivity index (χ4v) is 2.81. The summed E-state index contributed by atoms with van der Waals surface area (Å²) in [6, 6.07) is 0. The molecular weight excluding hydrogens is 244 g/mol. The molecule has 0 aliphatic rings. The summed E-state index contributed by atoms with van der Waals surface area (Å²) in [7, 11) is -0.543. The minimum atomic E-state index is -0.650. The lowest BCUT2D eigenvalue weighted by Gasteiger charge is -2.39. The van der Waals surface area contributed by atoms with E-state index >= 15 is 0 Å². The first-order chi connectivity index (χ1) is 7.90. The highest BCUT2D eigenvalue weighted by Gasteiger charge is 2.36. The number of aliphatic hydroxyl groups excluding tert-OH is 1. The molecule has 0 heterocycles. The Balaban J connectivity index is 4.38. The summed E-state index contributed by atoms with van der Waals surface area (Å²) >= 11 is 0. The van der Waals surface area contributed by atoms with Crippen LogP contribution in [0.1, 0.15) is 47.5 Å². The second kappa shape index (κ2) is 6.62. The molecule has 112 valence electrons. The van der Waals surface area contributed by atoms with E-state index in [2.05, 4.69) is 53.4 Å². The van der Waals surface area contributed by atoms with Crippen LogP contribution in [-0.2, 0) is 4.74 Å². The van der Waals surface area contributed by atoms with Crippen molar-refractivity contribution < 1.29 is 9.84 Å². The monoisotopic (exact) mass is 278 g/mol. The Bertz CT molecular complexity index is 240. The molecular formula is C15H34O2S. The van der Waals surface area contributed by atoms with Gasteiger partial charge in [-0.3, -0.25) is 0 Å². The Morgan fingerprint density at radius 1 is 1.11 bits per heavy atom. The molecule has 2 atom stereocenters. The maximum absolute atomic E-state index is 10.3. The van der Waals surface area contributed by atoms with Crippen LogP contribution in [0.15, 0.2) is 0 Å². The minimum absolute atomic E-state index is 0.147. The number of hydrogen-bond acceptors (Lipinski definition) is 2. The molecule has 0 saturated carbocycles. The molecule has 0 saturated heterocycles. The number of rotatable bonds is 7. The minimum Gasteiger partial charge on any atom is -0.367 e. The van der Waals surface area contributed by atoms with Gasteiger partial charge in [0.05, 0.1) is 6.61 Å². The average molecular weight is 279 g/mol. The van der Waals surface area contributed by atoms with Crippen LogP contribution in [0.25, 0.3) is 0 Å². The molecule has 1 unspecified atom stereocenters. The first kappa shape index (κ1) is 18.3. The summed E-state index contributed by atoms with van der Waals surface area (Å²) in [4.78, 5) is 0. The third kappa shape index (κ3) is 7.65. The Hall–Kier alpha value is 0.270. The van der Waals surface area contributed by atoms with Crippen LogP contribution in [0.2, 0.25) is 0 Å². The lowest BCUT2D eigenvalue weighted by atomic mass is 9.73. The van der Waals surface area contributed by atoms with E-state index in [4.69, 9.17) is 4.74 Å². The summed E-state index contributed by atoms with van der Waals surface area (Å²) in [6.45, 7) is 11.6. The second-order valence-electron chi connectivity index (χ2n) is 7.76. The standard InChI is InChI=1S/C15H34O2S/c1-9-15(5,12-14(2,3)4)13(16)17-10-11-18(6,7)8/h13,16H,9-12H2,1-8H3/t13?,15-/m1/s1. The first-order valence-electron chi connectivity index (χ1n) is 6.85. The lowest BCUT2D eigenvalue weighted by Crippen LogP contribution is -2.38. The predicted molar refractivity (Wildman–Crippen MR) is 84.7 cm³/mol. The fraction of sp³-hybridized carbons (Fsp3) is 1.00. The van der Waals surface area contributed by atoms with Crippen LogP contribution in [0.4, 0.5) is 0 Å². The highest BCUT2D eigenvalue weighted by molar-refractivity contribution is 8.32. The molecule has 1 N–H and O–H groups in total. The van der Waals surface area contributed by atoms with Gasteiger partial charge in [0, 0.05) is 11.2 Å². The van der Waals surface area contributed by atoms with E-state index in [-0.39, 0.29) is 10.8 Å². The van der Waals surface area contributed by atoms with Gasteiger partial charge in [-0.1, -0.05) is 34.6 Å². The largest absolute Gasteiger partial charge is 0.367 e. The van der Waals surface area contributed by atoms with Crippen LogP contribution in [-0.4, -0.2) is 42.5 Å². The summed E-state index contributed by atoms with van der Waals surface area (Å²) in [6.07, 6.45) is 8.09. The van der Waals surface area contributed by atoms with Crippen LogP contribution in [0.5, 0.6) is 0 Å². The Labute approximate surface area is 116 Å². The quantitative estimate of drug-likeness (QED) is 0.716. The zero-order chi connectivity index (χ0) is 14.6. The molecule has 0 rings (SSSR count). The highest BCUT2D eigenvalue weighted by atomic mass is 32.3. The normalized spacial score (nSPS) is 19.4. The molecule has 0 aliphatic heterocycles. The molecule has 0 aliphatic carbocycles. The van der Waals surface area contributed by atoms with Crippen molar-refractivity contribution in [2.75, 3.05) is 31.1 Å². The summed E-state index contributed by atoms with van der Waals surface area (Å²) in [5.74, 6) is 1.05. The van der Waals surface area contributed by atoms with Crippen molar-refractivity contribution >= 4 is 10.0 Å². The summed E-state index contributed by atoms with van der Waals surface area (Å²) in [5.41, 5.74) is 0.0653. The van der Waals surface area contributed by atoms with Gasteiger partial charge in [-0.25, -0.2) is 10.0 Å². The number of hydrogen-bond donors (Lipinski definition) is 1. The average Bonchev–Trinajstić information content (AvgIpc) is 2.12. The SMILES string of the molecule is CC[C@](C)(CC(C)(C)C)C(O)OCCS(C)(C)C. The van der Waals surface area contributed by atoms with Crippen molar-refractivity contribution in [2.45, 2.75) is 53.8 Å². The van der Waals surface area contributed by atoms with Crippen molar-refractivity contribution in [3.63, 3.8) is 0 Å².